The first kappa shape index (κ1) is 11.3. The number of rotatable bonds is 4. The minimum Gasteiger partial charge on any atom is -0.452 e. The summed E-state index contributed by atoms with van der Waals surface area (Å²) in [5.41, 5.74) is 0. The maximum absolute atomic E-state index is 11.1. The summed E-state index contributed by atoms with van der Waals surface area (Å²) in [7, 11) is -2.10. The van der Waals surface area contributed by atoms with Gasteiger partial charge in [0.15, 0.2) is 6.61 Å². The van der Waals surface area contributed by atoms with Gasteiger partial charge >= 0.3 is 5.97 Å². The molecule has 0 amide bonds. The van der Waals surface area contributed by atoms with Crippen LogP contribution in [0.4, 0.5) is 0 Å². The van der Waals surface area contributed by atoms with E-state index in [1.54, 1.807) is 13.3 Å². The highest BCUT2D eigenvalue weighted by Crippen LogP contribution is 2.36. The summed E-state index contributed by atoms with van der Waals surface area (Å²) >= 11 is 0. The number of terminal acetylenes is 1. The Labute approximate surface area is 72.9 Å². The van der Waals surface area contributed by atoms with Crippen LogP contribution in [0.25, 0.3) is 0 Å². The molecule has 0 fully saturated rings. The van der Waals surface area contributed by atoms with Crippen LogP contribution in [0.3, 0.4) is 0 Å². The standard InChI is InChI=1S/C8H13O3P/c1-4-6-11-8(9)5-7-12(2,3)10/h1H,5-7H2,2-3H3. The van der Waals surface area contributed by atoms with E-state index in [0.717, 1.165) is 0 Å². The number of hydrogen-bond donors (Lipinski definition) is 0. The lowest BCUT2D eigenvalue weighted by atomic mass is 10.5. The maximum atomic E-state index is 11.1. The molecule has 0 radical (unpaired) electrons. The van der Waals surface area contributed by atoms with Crippen molar-refractivity contribution >= 4 is 13.1 Å². The van der Waals surface area contributed by atoms with Crippen molar-refractivity contribution in [3.63, 3.8) is 0 Å². The molecule has 0 aliphatic heterocycles. The van der Waals surface area contributed by atoms with Crippen molar-refractivity contribution in [3.8, 4) is 12.3 Å². The van der Waals surface area contributed by atoms with Crippen LogP contribution in [0, 0.1) is 12.3 Å². The van der Waals surface area contributed by atoms with Gasteiger partial charge in [-0.3, -0.25) is 4.79 Å². The van der Waals surface area contributed by atoms with Gasteiger partial charge in [-0.1, -0.05) is 5.92 Å². The fourth-order valence-electron chi connectivity index (χ4n) is 0.555. The van der Waals surface area contributed by atoms with E-state index in [1.807, 2.05) is 0 Å². The molecular formula is C8H13O3P. The van der Waals surface area contributed by atoms with Gasteiger partial charge in [0, 0.05) is 6.16 Å². The van der Waals surface area contributed by atoms with Gasteiger partial charge in [-0.05, 0) is 13.3 Å². The largest absolute Gasteiger partial charge is 0.452 e. The van der Waals surface area contributed by atoms with Crippen molar-refractivity contribution < 1.29 is 14.1 Å². The molecule has 12 heavy (non-hydrogen) atoms. The molecule has 0 saturated heterocycles. The highest BCUT2D eigenvalue weighted by Gasteiger charge is 2.10. The molecule has 68 valence electrons. The van der Waals surface area contributed by atoms with E-state index in [-0.39, 0.29) is 19.0 Å². The van der Waals surface area contributed by atoms with E-state index >= 15 is 0 Å². The van der Waals surface area contributed by atoms with Crippen LogP contribution in [0.15, 0.2) is 0 Å². The molecule has 0 heterocycles. The van der Waals surface area contributed by atoms with Gasteiger partial charge in [0.1, 0.15) is 0 Å². The summed E-state index contributed by atoms with van der Waals surface area (Å²) in [6.07, 6.45) is 5.45. The second kappa shape index (κ2) is 5.00. The zero-order valence-electron chi connectivity index (χ0n) is 7.37. The molecule has 3 nitrogen and oxygen atoms in total. The van der Waals surface area contributed by atoms with Crippen LogP contribution in [0.5, 0.6) is 0 Å². The van der Waals surface area contributed by atoms with Gasteiger partial charge in [-0.25, -0.2) is 0 Å². The van der Waals surface area contributed by atoms with Crippen molar-refractivity contribution in [3.05, 3.63) is 0 Å². The number of ether oxygens (including phenoxy) is 1. The Balaban J connectivity index is 3.60. The van der Waals surface area contributed by atoms with Crippen molar-refractivity contribution in [1.29, 1.82) is 0 Å². The smallest absolute Gasteiger partial charge is 0.307 e. The van der Waals surface area contributed by atoms with Crippen LogP contribution in [0.1, 0.15) is 6.42 Å². The van der Waals surface area contributed by atoms with Crippen LogP contribution in [-0.2, 0) is 14.1 Å². The summed E-state index contributed by atoms with van der Waals surface area (Å²) < 4.78 is 15.7. The third kappa shape index (κ3) is 7.37. The first-order valence-electron chi connectivity index (χ1n) is 3.59. The lowest BCUT2D eigenvalue weighted by Crippen LogP contribution is -2.06. The minimum atomic E-state index is -2.10. The molecule has 4 heteroatoms. The molecule has 0 unspecified atom stereocenters. The second-order valence-corrected chi connectivity index (χ2v) is 6.51. The fraction of sp³-hybridized carbons (Fsp3) is 0.625. The molecular weight excluding hydrogens is 175 g/mol. The molecule has 0 atom stereocenters. The van der Waals surface area contributed by atoms with Crippen LogP contribution < -0.4 is 0 Å². The van der Waals surface area contributed by atoms with Crippen LogP contribution >= 0.6 is 7.14 Å². The highest BCUT2D eigenvalue weighted by atomic mass is 31.2. The summed E-state index contributed by atoms with van der Waals surface area (Å²) in [5, 5.41) is 0. The number of hydrogen-bond acceptors (Lipinski definition) is 3. The molecule has 0 N–H and O–H groups in total. The van der Waals surface area contributed by atoms with Gasteiger partial charge in [-0.15, -0.1) is 6.42 Å². The van der Waals surface area contributed by atoms with Gasteiger partial charge in [0.25, 0.3) is 0 Å². The second-order valence-electron chi connectivity index (χ2n) is 2.91. The summed E-state index contributed by atoms with van der Waals surface area (Å²) in [6.45, 7) is 3.28. The monoisotopic (exact) mass is 188 g/mol. The third-order valence-corrected chi connectivity index (χ3v) is 2.47. The zero-order chi connectivity index (χ0) is 9.61. The van der Waals surface area contributed by atoms with E-state index < -0.39 is 7.14 Å². The Morgan fingerprint density at radius 1 is 1.58 bits per heavy atom. The molecule has 0 aromatic rings. The average molecular weight is 188 g/mol. The molecule has 0 aromatic carbocycles. The lowest BCUT2D eigenvalue weighted by molar-refractivity contribution is -0.141. The Morgan fingerprint density at radius 2 is 2.17 bits per heavy atom. The van der Waals surface area contributed by atoms with E-state index in [4.69, 9.17) is 6.42 Å². The van der Waals surface area contributed by atoms with Gasteiger partial charge in [-0.2, -0.15) is 0 Å². The molecule has 0 spiro atoms. The third-order valence-electron chi connectivity index (χ3n) is 1.17. The molecule has 0 bridgehead atoms. The van der Waals surface area contributed by atoms with Gasteiger partial charge in [0.05, 0.1) is 13.6 Å². The highest BCUT2D eigenvalue weighted by molar-refractivity contribution is 7.62. The average Bonchev–Trinajstić information content (AvgIpc) is 1.95. The normalized spacial score (nSPS) is 10.4. The topological polar surface area (TPSA) is 43.4 Å². The van der Waals surface area contributed by atoms with Crippen LogP contribution in [-0.4, -0.2) is 32.1 Å². The molecule has 0 saturated carbocycles. The molecule has 0 aliphatic rings. The van der Waals surface area contributed by atoms with Gasteiger partial charge < -0.3 is 9.30 Å². The quantitative estimate of drug-likeness (QED) is 0.378. The molecule has 0 aromatic heterocycles. The van der Waals surface area contributed by atoms with Crippen molar-refractivity contribution in [2.75, 3.05) is 26.1 Å². The predicted octanol–water partition coefficient (Wildman–Crippen LogP) is 1.18. The molecule has 0 aliphatic carbocycles. The first-order chi connectivity index (χ1) is 5.45. The minimum absolute atomic E-state index is 0.00341. The summed E-state index contributed by atoms with van der Waals surface area (Å²) in [6, 6.07) is 0. The van der Waals surface area contributed by atoms with Crippen molar-refractivity contribution in [1.82, 2.24) is 0 Å². The lowest BCUT2D eigenvalue weighted by Gasteiger charge is -2.04. The Morgan fingerprint density at radius 3 is 2.58 bits per heavy atom. The van der Waals surface area contributed by atoms with E-state index in [9.17, 15) is 9.36 Å². The fourth-order valence-corrected chi connectivity index (χ4v) is 1.28. The molecule has 0 rings (SSSR count). The van der Waals surface area contributed by atoms with E-state index in [1.165, 1.54) is 0 Å². The Hall–Kier alpha value is -0.740. The number of carbonyl (C=O) groups excluding carboxylic acids is 1. The number of esters is 1. The Bertz CT molecular complexity index is 233. The SMILES string of the molecule is C#CCOC(=O)CCP(C)(C)=O. The maximum Gasteiger partial charge on any atom is 0.307 e. The first-order valence-corrected chi connectivity index (χ1v) is 6.37. The van der Waals surface area contributed by atoms with Gasteiger partial charge in [0.2, 0.25) is 0 Å². The Kier molecular flexibility index (Phi) is 4.70. The summed E-state index contributed by atoms with van der Waals surface area (Å²) in [4.78, 5) is 10.8. The van der Waals surface area contributed by atoms with Crippen molar-refractivity contribution in [2.45, 2.75) is 6.42 Å². The van der Waals surface area contributed by atoms with Crippen LogP contribution in [0.2, 0.25) is 0 Å². The number of carbonyl (C=O) groups is 1. The summed E-state index contributed by atoms with van der Waals surface area (Å²) in [5.74, 6) is 1.81. The zero-order valence-corrected chi connectivity index (χ0v) is 8.27. The van der Waals surface area contributed by atoms with E-state index in [0.29, 0.717) is 6.16 Å². The predicted molar refractivity (Wildman–Crippen MR) is 48.7 cm³/mol. The van der Waals surface area contributed by atoms with E-state index in [2.05, 4.69) is 10.7 Å². The van der Waals surface area contributed by atoms with Crippen molar-refractivity contribution in [2.24, 2.45) is 0 Å².